The van der Waals surface area contributed by atoms with Crippen LogP contribution in [0.1, 0.15) is 19.9 Å². The molecule has 3 heterocycles. The fourth-order valence-corrected chi connectivity index (χ4v) is 2.69. The Bertz CT molecular complexity index is 638. The Labute approximate surface area is 104 Å². The first-order chi connectivity index (χ1) is 8.27. The minimum absolute atomic E-state index is 0.381. The van der Waals surface area contributed by atoms with Crippen molar-refractivity contribution in [3.63, 3.8) is 0 Å². The van der Waals surface area contributed by atoms with E-state index in [1.54, 1.807) is 11.3 Å². The van der Waals surface area contributed by atoms with Gasteiger partial charge >= 0.3 is 0 Å². The highest BCUT2D eigenvalue weighted by molar-refractivity contribution is 7.13. The van der Waals surface area contributed by atoms with Gasteiger partial charge in [0.1, 0.15) is 5.52 Å². The molecular weight excluding hydrogens is 230 g/mol. The first kappa shape index (κ1) is 10.5. The van der Waals surface area contributed by atoms with Gasteiger partial charge in [-0.2, -0.15) is 0 Å². The summed E-state index contributed by atoms with van der Waals surface area (Å²) in [6.45, 7) is 4.28. The third-order valence-corrected chi connectivity index (χ3v) is 3.71. The summed E-state index contributed by atoms with van der Waals surface area (Å²) in [7, 11) is 0. The zero-order chi connectivity index (χ0) is 11.8. The third-order valence-electron chi connectivity index (χ3n) is 2.80. The van der Waals surface area contributed by atoms with Crippen LogP contribution in [0, 0.1) is 0 Å². The summed E-state index contributed by atoms with van der Waals surface area (Å²) in [5.41, 5.74) is 3.12. The molecule has 0 saturated heterocycles. The molecule has 0 atom stereocenters. The quantitative estimate of drug-likeness (QED) is 0.686. The van der Waals surface area contributed by atoms with Crippen molar-refractivity contribution in [2.45, 2.75) is 19.9 Å². The Hall–Kier alpha value is -1.68. The highest BCUT2D eigenvalue weighted by Crippen LogP contribution is 2.30. The van der Waals surface area contributed by atoms with E-state index >= 15 is 0 Å². The number of hydrogen-bond acceptors (Lipinski definition) is 3. The molecule has 4 heteroatoms. The van der Waals surface area contributed by atoms with Gasteiger partial charge in [0.15, 0.2) is 5.65 Å². The largest absolute Gasteiger partial charge is 0.313 e. The van der Waals surface area contributed by atoms with E-state index in [9.17, 15) is 0 Å². The molecule has 0 radical (unpaired) electrons. The number of nitrogens with zero attached hydrogens (tertiary/aromatic N) is 3. The van der Waals surface area contributed by atoms with Crippen LogP contribution < -0.4 is 0 Å². The molecule has 0 aliphatic rings. The van der Waals surface area contributed by atoms with Gasteiger partial charge < -0.3 is 4.57 Å². The van der Waals surface area contributed by atoms with Gasteiger partial charge in [0, 0.05) is 22.7 Å². The second kappa shape index (κ2) is 3.96. The van der Waals surface area contributed by atoms with Gasteiger partial charge in [-0.3, -0.25) is 0 Å². The van der Waals surface area contributed by atoms with Crippen LogP contribution in [0.25, 0.3) is 21.6 Å². The van der Waals surface area contributed by atoms with Crippen LogP contribution in [0.15, 0.2) is 36.1 Å². The van der Waals surface area contributed by atoms with Gasteiger partial charge in [0.2, 0.25) is 0 Å². The smallest absolute Gasteiger partial charge is 0.160 e. The van der Waals surface area contributed by atoms with Crippen LogP contribution in [-0.4, -0.2) is 14.5 Å². The van der Waals surface area contributed by atoms with Gasteiger partial charge in [-0.05, 0) is 31.4 Å². The lowest BCUT2D eigenvalue weighted by Crippen LogP contribution is -1.99. The van der Waals surface area contributed by atoms with Crippen molar-refractivity contribution in [2.24, 2.45) is 0 Å². The van der Waals surface area contributed by atoms with E-state index in [2.05, 4.69) is 45.9 Å². The summed E-state index contributed by atoms with van der Waals surface area (Å²) >= 11 is 1.73. The lowest BCUT2D eigenvalue weighted by Gasteiger charge is -2.07. The van der Waals surface area contributed by atoms with Crippen LogP contribution in [0.3, 0.4) is 0 Å². The number of rotatable bonds is 2. The molecule has 0 unspecified atom stereocenters. The fourth-order valence-electron chi connectivity index (χ4n) is 1.94. The summed E-state index contributed by atoms with van der Waals surface area (Å²) < 4.78 is 2.10. The topological polar surface area (TPSA) is 30.7 Å². The van der Waals surface area contributed by atoms with Crippen molar-refractivity contribution < 1.29 is 0 Å². The molecule has 3 rings (SSSR count). The highest BCUT2D eigenvalue weighted by atomic mass is 32.1. The lowest BCUT2D eigenvalue weighted by atomic mass is 10.2. The number of hydrogen-bond donors (Lipinski definition) is 0. The highest BCUT2D eigenvalue weighted by Gasteiger charge is 2.11. The van der Waals surface area contributed by atoms with Crippen LogP contribution in [0.4, 0.5) is 0 Å². The monoisotopic (exact) mass is 243 g/mol. The average molecular weight is 243 g/mol. The molecule has 0 aliphatic heterocycles. The fraction of sp³-hybridized carbons (Fsp3) is 0.231. The van der Waals surface area contributed by atoms with Crippen molar-refractivity contribution in [3.05, 3.63) is 36.1 Å². The number of aromatic nitrogens is 3. The molecule has 86 valence electrons. The molecule has 0 bridgehead atoms. The zero-order valence-electron chi connectivity index (χ0n) is 9.79. The maximum absolute atomic E-state index is 4.50. The van der Waals surface area contributed by atoms with Gasteiger partial charge in [0.05, 0.1) is 6.33 Å². The van der Waals surface area contributed by atoms with E-state index in [1.165, 1.54) is 10.4 Å². The summed E-state index contributed by atoms with van der Waals surface area (Å²) in [5, 5.41) is 2.08. The Morgan fingerprint density at radius 3 is 2.82 bits per heavy atom. The van der Waals surface area contributed by atoms with Crippen LogP contribution in [0.5, 0.6) is 0 Å². The van der Waals surface area contributed by atoms with E-state index in [1.807, 2.05) is 18.6 Å². The van der Waals surface area contributed by atoms with Gasteiger partial charge in [-0.15, -0.1) is 11.3 Å². The van der Waals surface area contributed by atoms with E-state index in [-0.39, 0.29) is 0 Å². The molecule has 0 aliphatic carbocycles. The minimum atomic E-state index is 0.381. The van der Waals surface area contributed by atoms with Crippen LogP contribution in [-0.2, 0) is 0 Å². The normalized spacial score (nSPS) is 11.5. The predicted octanol–water partition coefficient (Wildman–Crippen LogP) is 3.74. The van der Waals surface area contributed by atoms with Crippen molar-refractivity contribution in [2.75, 3.05) is 0 Å². The first-order valence-corrected chi connectivity index (χ1v) is 6.51. The summed E-state index contributed by atoms with van der Waals surface area (Å²) in [6, 6.07) is 6.59. The number of thiophene rings is 1. The predicted molar refractivity (Wildman–Crippen MR) is 71.2 cm³/mol. The Kier molecular flexibility index (Phi) is 2.44. The van der Waals surface area contributed by atoms with E-state index in [4.69, 9.17) is 0 Å². The molecule has 0 saturated carbocycles. The lowest BCUT2D eigenvalue weighted by molar-refractivity contribution is 0.613. The summed E-state index contributed by atoms with van der Waals surface area (Å²) in [4.78, 5) is 10.2. The zero-order valence-corrected chi connectivity index (χ0v) is 10.6. The van der Waals surface area contributed by atoms with Crippen LogP contribution >= 0.6 is 11.3 Å². The Morgan fingerprint density at radius 1 is 1.24 bits per heavy atom. The molecule has 0 amide bonds. The Morgan fingerprint density at radius 2 is 2.12 bits per heavy atom. The second-order valence-electron chi connectivity index (χ2n) is 4.25. The number of fused-ring (bicyclic) bond motifs is 1. The van der Waals surface area contributed by atoms with Crippen molar-refractivity contribution in [1.82, 2.24) is 14.5 Å². The molecule has 3 aromatic heterocycles. The van der Waals surface area contributed by atoms with Crippen molar-refractivity contribution in [3.8, 4) is 10.4 Å². The van der Waals surface area contributed by atoms with Crippen molar-refractivity contribution >= 4 is 22.5 Å². The van der Waals surface area contributed by atoms with Gasteiger partial charge in [-0.1, -0.05) is 6.07 Å². The van der Waals surface area contributed by atoms with Crippen LogP contribution in [0.2, 0.25) is 0 Å². The molecule has 17 heavy (non-hydrogen) atoms. The minimum Gasteiger partial charge on any atom is -0.313 e. The molecular formula is C13H13N3S. The SMILES string of the molecule is CC(C)n1cnc2c(-c3cccs3)ccnc21. The van der Waals surface area contributed by atoms with Crippen molar-refractivity contribution in [1.29, 1.82) is 0 Å². The summed E-state index contributed by atoms with van der Waals surface area (Å²) in [5.74, 6) is 0. The molecule has 0 spiro atoms. The molecule has 0 aromatic carbocycles. The number of imidazole rings is 1. The molecule has 3 nitrogen and oxygen atoms in total. The maximum atomic E-state index is 4.50. The summed E-state index contributed by atoms with van der Waals surface area (Å²) in [6.07, 6.45) is 3.73. The average Bonchev–Trinajstić information content (AvgIpc) is 2.97. The number of pyridine rings is 1. The van der Waals surface area contributed by atoms with E-state index < -0.39 is 0 Å². The van der Waals surface area contributed by atoms with Gasteiger partial charge in [-0.25, -0.2) is 9.97 Å². The molecule has 3 aromatic rings. The van der Waals surface area contributed by atoms with E-state index in [0.717, 1.165) is 11.2 Å². The Balaban J connectivity index is 2.28. The standard InChI is InChI=1S/C13H13N3S/c1-9(2)16-8-15-12-10(5-6-14-13(12)16)11-4-3-7-17-11/h3-9H,1-2H3. The van der Waals surface area contributed by atoms with E-state index in [0.29, 0.717) is 6.04 Å². The third kappa shape index (κ3) is 1.65. The maximum Gasteiger partial charge on any atom is 0.160 e. The first-order valence-electron chi connectivity index (χ1n) is 5.63. The second-order valence-corrected chi connectivity index (χ2v) is 5.20. The van der Waals surface area contributed by atoms with Gasteiger partial charge in [0.25, 0.3) is 0 Å². The molecule has 0 N–H and O–H groups in total. The molecule has 0 fully saturated rings.